The molecule has 0 aliphatic heterocycles. The third kappa shape index (κ3) is 4.07. The number of hydrogen-bond acceptors (Lipinski definition) is 4. The molecule has 0 saturated carbocycles. The normalized spacial score (nSPS) is 12.6. The lowest BCUT2D eigenvalue weighted by Gasteiger charge is -2.15. The smallest absolute Gasteiger partial charge is 0.147 e. The summed E-state index contributed by atoms with van der Waals surface area (Å²) < 4.78 is 3.92. The van der Waals surface area contributed by atoms with Crippen LogP contribution in [0.25, 0.3) is 0 Å². The Bertz CT molecular complexity index is 845. The fourth-order valence-electron chi connectivity index (χ4n) is 2.84. The summed E-state index contributed by atoms with van der Waals surface area (Å²) in [5, 5.41) is 12.4. The molecule has 0 fully saturated rings. The van der Waals surface area contributed by atoms with Crippen molar-refractivity contribution in [2.45, 2.75) is 53.2 Å². The van der Waals surface area contributed by atoms with Crippen LogP contribution in [0.4, 0.5) is 5.69 Å². The minimum atomic E-state index is 0.193. The summed E-state index contributed by atoms with van der Waals surface area (Å²) >= 11 is 0. The lowest BCUT2D eigenvalue weighted by molar-refractivity contribution is 0.532. The van der Waals surface area contributed by atoms with E-state index in [4.69, 9.17) is 0 Å². The van der Waals surface area contributed by atoms with Crippen LogP contribution in [0.5, 0.6) is 0 Å². The van der Waals surface area contributed by atoms with Gasteiger partial charge >= 0.3 is 0 Å². The molecule has 6 heteroatoms. The van der Waals surface area contributed by atoms with Gasteiger partial charge in [0.25, 0.3) is 0 Å². The van der Waals surface area contributed by atoms with E-state index in [0.717, 1.165) is 23.9 Å². The van der Waals surface area contributed by atoms with Crippen molar-refractivity contribution in [3.05, 3.63) is 59.4 Å². The Balaban J connectivity index is 1.71. The van der Waals surface area contributed by atoms with Gasteiger partial charge in [0.2, 0.25) is 0 Å². The van der Waals surface area contributed by atoms with Crippen molar-refractivity contribution in [2.75, 3.05) is 5.32 Å². The molecule has 0 bridgehead atoms. The number of benzene rings is 1. The second-order valence-corrected chi connectivity index (χ2v) is 6.78. The zero-order chi connectivity index (χ0) is 18.0. The van der Waals surface area contributed by atoms with Gasteiger partial charge in [-0.05, 0) is 52.3 Å². The lowest BCUT2D eigenvalue weighted by atomic mass is 10.1. The maximum Gasteiger partial charge on any atom is 0.147 e. The Hall–Kier alpha value is -2.63. The van der Waals surface area contributed by atoms with Crippen LogP contribution in [0.1, 0.15) is 55.6 Å². The second kappa shape index (κ2) is 7.09. The first kappa shape index (κ1) is 17.2. The van der Waals surface area contributed by atoms with Crippen LogP contribution in [0.3, 0.4) is 0 Å². The zero-order valence-corrected chi connectivity index (χ0v) is 15.6. The Morgan fingerprint density at radius 3 is 2.60 bits per heavy atom. The molecule has 1 atom stereocenters. The quantitative estimate of drug-likeness (QED) is 0.740. The van der Waals surface area contributed by atoms with E-state index < -0.39 is 0 Å². The number of aryl methyl sites for hydroxylation is 2. The van der Waals surface area contributed by atoms with Crippen molar-refractivity contribution in [3.63, 3.8) is 0 Å². The fraction of sp³-hybridized carbons (Fsp3) is 0.421. The molecule has 1 unspecified atom stereocenters. The number of rotatable bonds is 6. The van der Waals surface area contributed by atoms with Crippen molar-refractivity contribution in [3.8, 4) is 0 Å². The summed E-state index contributed by atoms with van der Waals surface area (Å²) in [4.78, 5) is 4.36. The Labute approximate surface area is 148 Å². The first-order valence-corrected chi connectivity index (χ1v) is 8.70. The van der Waals surface area contributed by atoms with Gasteiger partial charge in [-0.1, -0.05) is 12.1 Å². The molecular weight excluding hydrogens is 312 g/mol. The maximum atomic E-state index is 4.44. The highest BCUT2D eigenvalue weighted by Gasteiger charge is 2.10. The van der Waals surface area contributed by atoms with Crippen molar-refractivity contribution in [2.24, 2.45) is 0 Å². The zero-order valence-electron chi connectivity index (χ0n) is 15.6. The highest BCUT2D eigenvalue weighted by Crippen LogP contribution is 2.21. The first-order valence-electron chi connectivity index (χ1n) is 8.70. The molecule has 2 heterocycles. The van der Waals surface area contributed by atoms with Crippen LogP contribution >= 0.6 is 0 Å². The van der Waals surface area contributed by atoms with Crippen LogP contribution < -0.4 is 5.32 Å². The van der Waals surface area contributed by atoms with E-state index in [1.165, 1.54) is 11.1 Å². The third-order valence-electron chi connectivity index (χ3n) is 4.26. The molecule has 0 aliphatic rings. The van der Waals surface area contributed by atoms with Crippen LogP contribution in [0, 0.1) is 13.8 Å². The molecule has 132 valence electrons. The molecule has 0 radical (unpaired) electrons. The predicted molar refractivity (Wildman–Crippen MR) is 99.7 cm³/mol. The number of hydrogen-bond donors (Lipinski definition) is 1. The summed E-state index contributed by atoms with van der Waals surface area (Å²) in [6.07, 6.45) is 4.04. The van der Waals surface area contributed by atoms with Gasteiger partial charge in [-0.3, -0.25) is 4.68 Å². The molecule has 1 aromatic carbocycles. The standard InChI is InChI=1S/C19H26N6/c1-13(2)24-12-18(10-20-24)14(3)21-19-8-6-7-17(9-19)11-25-16(5)22-15(4)23-25/h6-10,12-14,21H,11H2,1-5H3. The molecule has 1 N–H and O–H groups in total. The molecule has 3 rings (SSSR count). The fourth-order valence-corrected chi connectivity index (χ4v) is 2.84. The molecular formula is C19H26N6. The highest BCUT2D eigenvalue weighted by atomic mass is 15.3. The van der Waals surface area contributed by atoms with Gasteiger partial charge in [0.1, 0.15) is 11.6 Å². The average Bonchev–Trinajstić information content (AvgIpc) is 3.15. The van der Waals surface area contributed by atoms with Gasteiger partial charge < -0.3 is 5.32 Å². The van der Waals surface area contributed by atoms with Crippen molar-refractivity contribution >= 4 is 5.69 Å². The first-order chi connectivity index (χ1) is 11.9. The molecule has 0 saturated heterocycles. The van der Waals surface area contributed by atoms with Crippen molar-refractivity contribution < 1.29 is 0 Å². The molecule has 0 amide bonds. The number of nitrogens with zero attached hydrogens (tertiary/aromatic N) is 5. The number of aromatic nitrogens is 5. The minimum Gasteiger partial charge on any atom is -0.378 e. The van der Waals surface area contributed by atoms with Crippen LogP contribution in [-0.2, 0) is 6.54 Å². The monoisotopic (exact) mass is 338 g/mol. The van der Waals surface area contributed by atoms with E-state index >= 15 is 0 Å². The molecule has 3 aromatic rings. The summed E-state index contributed by atoms with van der Waals surface area (Å²) in [5.41, 5.74) is 3.47. The molecule has 2 aromatic heterocycles. The summed E-state index contributed by atoms with van der Waals surface area (Å²) in [6, 6.07) is 9.01. The predicted octanol–water partition coefficient (Wildman–Crippen LogP) is 3.89. The third-order valence-corrected chi connectivity index (χ3v) is 4.26. The Morgan fingerprint density at radius 2 is 1.96 bits per heavy atom. The van der Waals surface area contributed by atoms with Gasteiger partial charge in [0.05, 0.1) is 18.8 Å². The lowest BCUT2D eigenvalue weighted by Crippen LogP contribution is -2.08. The molecule has 25 heavy (non-hydrogen) atoms. The minimum absolute atomic E-state index is 0.193. The van der Waals surface area contributed by atoms with Gasteiger partial charge in [-0.25, -0.2) is 9.67 Å². The van der Waals surface area contributed by atoms with Crippen LogP contribution in [-0.4, -0.2) is 24.5 Å². The van der Waals surface area contributed by atoms with Crippen molar-refractivity contribution in [1.29, 1.82) is 0 Å². The molecule has 0 aliphatic carbocycles. The van der Waals surface area contributed by atoms with E-state index in [-0.39, 0.29) is 6.04 Å². The van der Waals surface area contributed by atoms with E-state index in [2.05, 4.69) is 71.7 Å². The summed E-state index contributed by atoms with van der Waals surface area (Å²) in [7, 11) is 0. The van der Waals surface area contributed by atoms with Crippen LogP contribution in [0.2, 0.25) is 0 Å². The van der Waals surface area contributed by atoms with Gasteiger partial charge in [0, 0.05) is 23.5 Å². The molecule has 6 nitrogen and oxygen atoms in total. The average molecular weight is 338 g/mol. The summed E-state index contributed by atoms with van der Waals surface area (Å²) in [6.45, 7) is 11.0. The van der Waals surface area contributed by atoms with E-state index in [1.807, 2.05) is 29.4 Å². The summed E-state index contributed by atoms with van der Waals surface area (Å²) in [5.74, 6) is 1.74. The van der Waals surface area contributed by atoms with Gasteiger partial charge in [0.15, 0.2) is 0 Å². The SMILES string of the molecule is Cc1nc(C)n(Cc2cccc(NC(C)c3cnn(C(C)C)c3)c2)n1. The molecule has 0 spiro atoms. The van der Waals surface area contributed by atoms with Crippen molar-refractivity contribution in [1.82, 2.24) is 24.5 Å². The van der Waals surface area contributed by atoms with E-state index in [0.29, 0.717) is 6.04 Å². The maximum absolute atomic E-state index is 4.44. The Kier molecular flexibility index (Phi) is 4.88. The number of nitrogens with one attached hydrogen (secondary N) is 1. The van der Waals surface area contributed by atoms with Gasteiger partial charge in [-0.2, -0.15) is 10.2 Å². The Morgan fingerprint density at radius 1 is 1.16 bits per heavy atom. The largest absolute Gasteiger partial charge is 0.378 e. The number of anilines is 1. The highest BCUT2D eigenvalue weighted by molar-refractivity contribution is 5.47. The van der Waals surface area contributed by atoms with Crippen LogP contribution in [0.15, 0.2) is 36.7 Å². The topological polar surface area (TPSA) is 60.6 Å². The van der Waals surface area contributed by atoms with E-state index in [1.54, 1.807) is 0 Å². The second-order valence-electron chi connectivity index (χ2n) is 6.78. The van der Waals surface area contributed by atoms with Gasteiger partial charge in [-0.15, -0.1) is 0 Å². The van der Waals surface area contributed by atoms with E-state index in [9.17, 15) is 0 Å².